The number of thiazole rings is 1. The number of hydrogen-bond donors (Lipinski definition) is 3. The lowest BCUT2D eigenvalue weighted by Gasteiger charge is -2.46. The molecule has 0 saturated carbocycles. The van der Waals surface area contributed by atoms with E-state index in [1.165, 1.54) is 18.3 Å². The number of nitrogens with zero attached hydrogens (tertiary/aromatic N) is 2. The maximum Gasteiger partial charge on any atom is 0.317 e. The summed E-state index contributed by atoms with van der Waals surface area (Å²) in [6.07, 6.45) is 3.53. The molecule has 10 heteroatoms. The number of amides is 4. The van der Waals surface area contributed by atoms with Crippen LogP contribution in [-0.4, -0.2) is 59.7 Å². The van der Waals surface area contributed by atoms with Crippen molar-refractivity contribution in [3.63, 3.8) is 0 Å². The molecule has 3 atom stereocenters. The van der Waals surface area contributed by atoms with Gasteiger partial charge in [-0.3, -0.25) is 9.59 Å². The Balaban J connectivity index is 1.39. The first-order valence-corrected chi connectivity index (χ1v) is 11.0. The van der Waals surface area contributed by atoms with Crippen LogP contribution in [0, 0.1) is 18.8 Å². The van der Waals surface area contributed by atoms with Gasteiger partial charge in [-0.05, 0) is 38.5 Å². The van der Waals surface area contributed by atoms with Gasteiger partial charge in [-0.25, -0.2) is 9.78 Å². The summed E-state index contributed by atoms with van der Waals surface area (Å²) < 4.78 is 5.76. The first-order valence-electron chi connectivity index (χ1n) is 10.2. The molecule has 4 amide bonds. The molecule has 3 fully saturated rings. The third-order valence-corrected chi connectivity index (χ3v) is 7.07. The van der Waals surface area contributed by atoms with E-state index in [0.717, 1.165) is 25.7 Å². The van der Waals surface area contributed by atoms with Crippen molar-refractivity contribution in [1.29, 1.82) is 0 Å². The van der Waals surface area contributed by atoms with E-state index in [0.29, 0.717) is 41.3 Å². The van der Waals surface area contributed by atoms with Gasteiger partial charge in [-0.1, -0.05) is 11.3 Å². The fourth-order valence-corrected chi connectivity index (χ4v) is 5.60. The standard InChI is InChI=1S/C19H27N5O4S/c1-10-15(29-19(20-10)21-11(2)25)17(26)24-7-5-12(6-8-24)14-13-4-3-9-28-16(13)23-18(27)22-14/h12-14,16H,3-9H2,1-2H3,(H,20,21,25)(H2,22,23,27)/t13-,14-,16-/m0/s1. The molecule has 3 saturated heterocycles. The van der Waals surface area contributed by atoms with Gasteiger partial charge >= 0.3 is 6.03 Å². The quantitative estimate of drug-likeness (QED) is 0.688. The van der Waals surface area contributed by atoms with Gasteiger partial charge in [0.2, 0.25) is 5.91 Å². The third-order valence-electron chi connectivity index (χ3n) is 6.01. The van der Waals surface area contributed by atoms with Gasteiger partial charge in [0.25, 0.3) is 5.91 Å². The molecule has 4 heterocycles. The fourth-order valence-electron chi connectivity index (χ4n) is 4.62. The van der Waals surface area contributed by atoms with E-state index in [-0.39, 0.29) is 36.0 Å². The maximum atomic E-state index is 13.0. The van der Waals surface area contributed by atoms with E-state index in [4.69, 9.17) is 4.74 Å². The molecule has 3 N–H and O–H groups in total. The molecule has 3 aliphatic heterocycles. The van der Waals surface area contributed by atoms with Crippen LogP contribution in [0.2, 0.25) is 0 Å². The first kappa shape index (κ1) is 20.1. The highest BCUT2D eigenvalue weighted by Gasteiger charge is 2.43. The number of fused-ring (bicyclic) bond motifs is 1. The number of carbonyl (C=O) groups excluding carboxylic acids is 3. The molecule has 1 aromatic rings. The molecule has 0 aliphatic carbocycles. The summed E-state index contributed by atoms with van der Waals surface area (Å²) in [7, 11) is 0. The van der Waals surface area contributed by atoms with Crippen LogP contribution in [-0.2, 0) is 9.53 Å². The first-order chi connectivity index (χ1) is 13.9. The summed E-state index contributed by atoms with van der Waals surface area (Å²) in [6, 6.07) is -0.0785. The van der Waals surface area contributed by atoms with Crippen LogP contribution < -0.4 is 16.0 Å². The highest BCUT2D eigenvalue weighted by Crippen LogP contribution is 2.34. The van der Waals surface area contributed by atoms with E-state index in [1.54, 1.807) is 6.92 Å². The number of carbonyl (C=O) groups is 3. The Morgan fingerprint density at radius 2 is 2.00 bits per heavy atom. The van der Waals surface area contributed by atoms with Gasteiger partial charge in [0.1, 0.15) is 11.1 Å². The van der Waals surface area contributed by atoms with Gasteiger partial charge in [0.05, 0.1) is 5.69 Å². The summed E-state index contributed by atoms with van der Waals surface area (Å²) in [4.78, 5) is 42.9. The van der Waals surface area contributed by atoms with Crippen LogP contribution in [0.15, 0.2) is 0 Å². The highest BCUT2D eigenvalue weighted by molar-refractivity contribution is 7.17. The zero-order chi connectivity index (χ0) is 20.5. The van der Waals surface area contributed by atoms with Crippen LogP contribution in [0.5, 0.6) is 0 Å². The number of likely N-dealkylation sites (tertiary alicyclic amines) is 1. The number of anilines is 1. The van der Waals surface area contributed by atoms with Gasteiger partial charge in [-0.15, -0.1) is 0 Å². The lowest BCUT2D eigenvalue weighted by atomic mass is 9.77. The Kier molecular flexibility index (Phi) is 5.73. The van der Waals surface area contributed by atoms with E-state index >= 15 is 0 Å². The molecule has 4 rings (SSSR count). The molecule has 1 aromatic heterocycles. The fraction of sp³-hybridized carbons (Fsp3) is 0.684. The minimum absolute atomic E-state index is 0.0386. The number of urea groups is 1. The monoisotopic (exact) mass is 421 g/mol. The van der Waals surface area contributed by atoms with Crippen molar-refractivity contribution in [1.82, 2.24) is 20.5 Å². The second kappa shape index (κ2) is 8.27. The Labute approximate surface area is 173 Å². The van der Waals surface area contributed by atoms with E-state index in [2.05, 4.69) is 20.9 Å². The molecular formula is C19H27N5O4S. The Morgan fingerprint density at radius 3 is 2.72 bits per heavy atom. The van der Waals surface area contributed by atoms with E-state index < -0.39 is 0 Å². The van der Waals surface area contributed by atoms with Crippen LogP contribution >= 0.6 is 11.3 Å². The molecule has 0 bridgehead atoms. The second-order valence-corrected chi connectivity index (χ2v) is 8.98. The Bertz CT molecular complexity index is 805. The number of aromatic nitrogens is 1. The largest absolute Gasteiger partial charge is 0.358 e. The minimum Gasteiger partial charge on any atom is -0.358 e. The van der Waals surface area contributed by atoms with Crippen molar-refractivity contribution in [3.8, 4) is 0 Å². The Morgan fingerprint density at radius 1 is 1.24 bits per heavy atom. The number of nitrogens with one attached hydrogen (secondary N) is 3. The summed E-state index contributed by atoms with van der Waals surface area (Å²) in [5, 5.41) is 9.09. The lowest BCUT2D eigenvalue weighted by Crippen LogP contribution is -2.65. The SMILES string of the molecule is CC(=O)Nc1nc(C)c(C(=O)N2CCC([C@@H]3NC(=O)N[C@H]4OCCC[C@H]43)CC2)s1. The van der Waals surface area contributed by atoms with Gasteiger partial charge in [0, 0.05) is 38.6 Å². The number of piperidine rings is 1. The van der Waals surface area contributed by atoms with Crippen molar-refractivity contribution in [3.05, 3.63) is 10.6 Å². The minimum atomic E-state index is -0.201. The molecule has 0 unspecified atom stereocenters. The molecule has 158 valence electrons. The zero-order valence-corrected chi connectivity index (χ0v) is 17.5. The number of ether oxygens (including phenoxy) is 1. The van der Waals surface area contributed by atoms with Crippen molar-refractivity contribution in [2.24, 2.45) is 11.8 Å². The lowest BCUT2D eigenvalue weighted by molar-refractivity contribution is -0.114. The van der Waals surface area contributed by atoms with Crippen molar-refractivity contribution in [2.45, 2.75) is 51.8 Å². The average Bonchev–Trinajstić information content (AvgIpc) is 3.06. The summed E-state index contributed by atoms with van der Waals surface area (Å²) in [5.41, 5.74) is 0.638. The highest BCUT2D eigenvalue weighted by atomic mass is 32.1. The second-order valence-electron chi connectivity index (χ2n) is 7.99. The van der Waals surface area contributed by atoms with Crippen molar-refractivity contribution >= 4 is 34.3 Å². The number of hydrogen-bond acceptors (Lipinski definition) is 6. The number of rotatable bonds is 3. The molecular weight excluding hydrogens is 394 g/mol. The summed E-state index contributed by atoms with van der Waals surface area (Å²) in [6.45, 7) is 5.19. The molecule has 0 spiro atoms. The van der Waals surface area contributed by atoms with Crippen molar-refractivity contribution in [2.75, 3.05) is 25.0 Å². The summed E-state index contributed by atoms with van der Waals surface area (Å²) in [5.74, 6) is 0.366. The zero-order valence-electron chi connectivity index (χ0n) is 16.7. The van der Waals surface area contributed by atoms with Crippen LogP contribution in [0.4, 0.5) is 9.93 Å². The normalized spacial score (nSPS) is 27.6. The van der Waals surface area contributed by atoms with Crippen LogP contribution in [0.3, 0.4) is 0 Å². The molecule has 29 heavy (non-hydrogen) atoms. The third kappa shape index (κ3) is 4.23. The van der Waals surface area contributed by atoms with Gasteiger partial charge < -0.3 is 25.6 Å². The van der Waals surface area contributed by atoms with E-state index in [1.807, 2.05) is 4.90 Å². The molecule has 3 aliphatic rings. The smallest absolute Gasteiger partial charge is 0.317 e. The van der Waals surface area contributed by atoms with Gasteiger partial charge in [-0.2, -0.15) is 0 Å². The van der Waals surface area contributed by atoms with Crippen molar-refractivity contribution < 1.29 is 19.1 Å². The maximum absolute atomic E-state index is 13.0. The molecule has 0 aromatic carbocycles. The molecule has 9 nitrogen and oxygen atoms in total. The Hall–Kier alpha value is -2.20. The van der Waals surface area contributed by atoms with Crippen LogP contribution in [0.25, 0.3) is 0 Å². The topological polar surface area (TPSA) is 113 Å². The summed E-state index contributed by atoms with van der Waals surface area (Å²) >= 11 is 1.22. The van der Waals surface area contributed by atoms with Crippen LogP contribution in [0.1, 0.15) is 48.0 Å². The predicted octanol–water partition coefficient (Wildman–Crippen LogP) is 1.70. The predicted molar refractivity (Wildman–Crippen MR) is 108 cm³/mol. The number of aryl methyl sites for hydroxylation is 1. The average molecular weight is 422 g/mol. The molecule has 0 radical (unpaired) electrons. The van der Waals surface area contributed by atoms with Gasteiger partial charge in [0.15, 0.2) is 5.13 Å². The van der Waals surface area contributed by atoms with E-state index in [9.17, 15) is 14.4 Å².